The largest absolute Gasteiger partial charge is 0.464 e. The third-order valence-electron chi connectivity index (χ3n) is 2.96. The highest BCUT2D eigenvalue weighted by Gasteiger charge is 2.52. The Hall–Kier alpha value is -1.35. The van der Waals surface area contributed by atoms with Crippen LogP contribution in [0.3, 0.4) is 0 Å². The van der Waals surface area contributed by atoms with Gasteiger partial charge in [-0.1, -0.05) is 30.3 Å². The van der Waals surface area contributed by atoms with Crippen LogP contribution in [0.2, 0.25) is 0 Å². The third-order valence-corrected chi connectivity index (χ3v) is 2.96. The number of esters is 1. The van der Waals surface area contributed by atoms with Crippen molar-refractivity contribution in [1.29, 1.82) is 0 Å². The Morgan fingerprint density at radius 2 is 2.00 bits per heavy atom. The second-order valence-corrected chi connectivity index (χ2v) is 4.30. The predicted molar refractivity (Wildman–Crippen MR) is 64.7 cm³/mol. The van der Waals surface area contributed by atoms with E-state index in [0.29, 0.717) is 13.2 Å². The van der Waals surface area contributed by atoms with Crippen molar-refractivity contribution >= 4 is 5.97 Å². The van der Waals surface area contributed by atoms with Crippen LogP contribution in [-0.2, 0) is 20.7 Å². The average molecular weight is 234 g/mol. The van der Waals surface area contributed by atoms with E-state index in [2.05, 4.69) is 12.1 Å². The third kappa shape index (κ3) is 3.07. The van der Waals surface area contributed by atoms with Gasteiger partial charge in [0.05, 0.1) is 13.2 Å². The summed E-state index contributed by atoms with van der Waals surface area (Å²) in [5.74, 6) is -0.201. The van der Waals surface area contributed by atoms with Crippen LogP contribution >= 0.6 is 0 Å². The highest BCUT2D eigenvalue weighted by Crippen LogP contribution is 2.40. The molecule has 0 atom stereocenters. The van der Waals surface area contributed by atoms with E-state index in [1.165, 1.54) is 5.56 Å². The molecule has 0 N–H and O–H groups in total. The standard InChI is InChI=1S/C14H18O3/c1-2-16-13(15)14(9-10-14)17-11-8-12-6-4-3-5-7-12/h3-7H,2,8-11H2,1H3. The lowest BCUT2D eigenvalue weighted by Gasteiger charge is -2.14. The molecule has 0 radical (unpaired) electrons. The molecule has 0 amide bonds. The molecule has 0 saturated heterocycles. The Balaban J connectivity index is 1.77. The van der Waals surface area contributed by atoms with Crippen LogP contribution in [0.4, 0.5) is 0 Å². The Morgan fingerprint density at radius 1 is 1.29 bits per heavy atom. The van der Waals surface area contributed by atoms with Crippen LogP contribution in [0.25, 0.3) is 0 Å². The molecule has 1 aromatic carbocycles. The zero-order chi connectivity index (χ0) is 12.1. The number of hydrogen-bond donors (Lipinski definition) is 0. The van der Waals surface area contributed by atoms with E-state index < -0.39 is 5.60 Å². The van der Waals surface area contributed by atoms with Gasteiger partial charge in [-0.15, -0.1) is 0 Å². The van der Waals surface area contributed by atoms with Gasteiger partial charge in [-0.3, -0.25) is 0 Å². The molecule has 17 heavy (non-hydrogen) atoms. The average Bonchev–Trinajstić information content (AvgIpc) is 3.12. The lowest BCUT2D eigenvalue weighted by molar-refractivity contribution is -0.159. The number of ether oxygens (including phenoxy) is 2. The van der Waals surface area contributed by atoms with Crippen molar-refractivity contribution in [2.75, 3.05) is 13.2 Å². The number of carbonyl (C=O) groups is 1. The van der Waals surface area contributed by atoms with Gasteiger partial charge < -0.3 is 9.47 Å². The Labute approximate surface area is 102 Å². The molecule has 2 rings (SSSR count). The number of benzene rings is 1. The van der Waals surface area contributed by atoms with Crippen LogP contribution in [0, 0.1) is 0 Å². The molecule has 0 bridgehead atoms. The molecule has 1 aliphatic carbocycles. The van der Waals surface area contributed by atoms with Gasteiger partial charge in [-0.25, -0.2) is 4.79 Å². The monoisotopic (exact) mass is 234 g/mol. The second-order valence-electron chi connectivity index (χ2n) is 4.30. The Morgan fingerprint density at radius 3 is 2.59 bits per heavy atom. The zero-order valence-corrected chi connectivity index (χ0v) is 10.1. The van der Waals surface area contributed by atoms with Gasteiger partial charge in [-0.2, -0.15) is 0 Å². The van der Waals surface area contributed by atoms with Crippen molar-refractivity contribution in [3.63, 3.8) is 0 Å². The second kappa shape index (κ2) is 5.32. The molecule has 3 heteroatoms. The summed E-state index contributed by atoms with van der Waals surface area (Å²) in [6, 6.07) is 10.1. The van der Waals surface area contributed by atoms with E-state index in [4.69, 9.17) is 9.47 Å². The first-order valence-corrected chi connectivity index (χ1v) is 6.12. The van der Waals surface area contributed by atoms with Crippen molar-refractivity contribution in [2.24, 2.45) is 0 Å². The number of carbonyl (C=O) groups excluding carboxylic acids is 1. The first-order chi connectivity index (χ1) is 8.27. The fourth-order valence-corrected chi connectivity index (χ4v) is 1.79. The van der Waals surface area contributed by atoms with Crippen LogP contribution in [0.15, 0.2) is 30.3 Å². The molecule has 1 saturated carbocycles. The van der Waals surface area contributed by atoms with Crippen molar-refractivity contribution in [3.05, 3.63) is 35.9 Å². The normalized spacial score (nSPS) is 16.5. The molecule has 0 aliphatic heterocycles. The Bertz CT molecular complexity index is 368. The summed E-state index contributed by atoms with van der Waals surface area (Å²) < 4.78 is 10.7. The fourth-order valence-electron chi connectivity index (χ4n) is 1.79. The summed E-state index contributed by atoms with van der Waals surface area (Å²) >= 11 is 0. The van der Waals surface area contributed by atoms with Crippen molar-refractivity contribution in [3.8, 4) is 0 Å². The molecule has 0 spiro atoms. The smallest absolute Gasteiger partial charge is 0.338 e. The van der Waals surface area contributed by atoms with Crippen LogP contribution in [0.5, 0.6) is 0 Å². The molecule has 1 fully saturated rings. The van der Waals surface area contributed by atoms with Gasteiger partial charge in [0.2, 0.25) is 0 Å². The minimum atomic E-state index is -0.620. The minimum absolute atomic E-state index is 0.201. The van der Waals surface area contributed by atoms with E-state index in [1.54, 1.807) is 0 Å². The predicted octanol–water partition coefficient (Wildman–Crippen LogP) is 2.34. The summed E-state index contributed by atoms with van der Waals surface area (Å²) in [5, 5.41) is 0. The van der Waals surface area contributed by atoms with Gasteiger partial charge in [-0.05, 0) is 31.7 Å². The summed E-state index contributed by atoms with van der Waals surface area (Å²) in [5.41, 5.74) is 0.609. The first kappa shape index (κ1) is 12.1. The summed E-state index contributed by atoms with van der Waals surface area (Å²) in [4.78, 5) is 11.6. The number of hydrogen-bond acceptors (Lipinski definition) is 3. The van der Waals surface area contributed by atoms with Gasteiger partial charge in [0.25, 0.3) is 0 Å². The molecule has 3 nitrogen and oxygen atoms in total. The summed E-state index contributed by atoms with van der Waals surface area (Å²) in [6.45, 7) is 2.81. The van der Waals surface area contributed by atoms with Gasteiger partial charge in [0.1, 0.15) is 0 Å². The quantitative estimate of drug-likeness (QED) is 0.709. The molecule has 0 aromatic heterocycles. The summed E-state index contributed by atoms with van der Waals surface area (Å²) in [7, 11) is 0. The van der Waals surface area contributed by atoms with Crippen LogP contribution in [-0.4, -0.2) is 24.8 Å². The lowest BCUT2D eigenvalue weighted by atomic mass is 10.2. The highest BCUT2D eigenvalue weighted by atomic mass is 16.6. The number of rotatable bonds is 6. The van der Waals surface area contributed by atoms with Gasteiger partial charge >= 0.3 is 5.97 Å². The van der Waals surface area contributed by atoms with Crippen LogP contribution < -0.4 is 0 Å². The maximum absolute atomic E-state index is 11.6. The van der Waals surface area contributed by atoms with Crippen molar-refractivity contribution < 1.29 is 14.3 Å². The molecule has 0 unspecified atom stereocenters. The maximum atomic E-state index is 11.6. The molecular weight excluding hydrogens is 216 g/mol. The van der Waals surface area contributed by atoms with Gasteiger partial charge in [0.15, 0.2) is 5.60 Å². The molecule has 1 aromatic rings. The van der Waals surface area contributed by atoms with Crippen molar-refractivity contribution in [2.45, 2.75) is 31.8 Å². The molecular formula is C14H18O3. The molecule has 92 valence electrons. The van der Waals surface area contributed by atoms with Gasteiger partial charge in [0, 0.05) is 0 Å². The maximum Gasteiger partial charge on any atom is 0.338 e. The SMILES string of the molecule is CCOC(=O)C1(OCCc2ccccc2)CC1. The first-order valence-electron chi connectivity index (χ1n) is 6.12. The topological polar surface area (TPSA) is 35.5 Å². The van der Waals surface area contributed by atoms with E-state index in [1.807, 2.05) is 25.1 Å². The Kier molecular flexibility index (Phi) is 3.79. The van der Waals surface area contributed by atoms with Crippen LogP contribution in [0.1, 0.15) is 25.3 Å². The highest BCUT2D eigenvalue weighted by molar-refractivity contribution is 5.82. The fraction of sp³-hybridized carbons (Fsp3) is 0.500. The van der Waals surface area contributed by atoms with E-state index in [9.17, 15) is 4.79 Å². The zero-order valence-electron chi connectivity index (χ0n) is 10.1. The van der Waals surface area contributed by atoms with Crippen molar-refractivity contribution in [1.82, 2.24) is 0 Å². The van der Waals surface area contributed by atoms with E-state index in [0.717, 1.165) is 19.3 Å². The summed E-state index contributed by atoms with van der Waals surface area (Å²) in [6.07, 6.45) is 2.42. The molecule has 0 heterocycles. The molecule has 1 aliphatic rings. The lowest BCUT2D eigenvalue weighted by Crippen LogP contribution is -2.29. The minimum Gasteiger partial charge on any atom is -0.464 e. The van der Waals surface area contributed by atoms with E-state index in [-0.39, 0.29) is 5.97 Å². The van der Waals surface area contributed by atoms with E-state index >= 15 is 0 Å².